The van der Waals surface area contributed by atoms with Crippen LogP contribution < -0.4 is 14.4 Å². The third kappa shape index (κ3) is 7.69. The number of ether oxygens (including phenoxy) is 1. The molecule has 0 aliphatic heterocycles. The number of nitrogens with zero attached hydrogens (tertiary/aromatic N) is 3. The standard InChI is InChI=1S/C25H36N4O5S/c1-19(2)16-26-25(31)20(3)28(17-21-11-10-14-23(15-21)34-6)24(30)18-29(35(32,33)27(4)5)22-12-8-7-9-13-22/h7-15,19-20H,16-18H2,1-6H3,(H,26,31)/t20-/m0/s1. The molecule has 0 radical (unpaired) electrons. The minimum absolute atomic E-state index is 0.108. The number of carbonyl (C=O) groups is 2. The topological polar surface area (TPSA) is 99.3 Å². The molecule has 2 rings (SSSR count). The summed E-state index contributed by atoms with van der Waals surface area (Å²) in [6, 6.07) is 14.8. The fourth-order valence-electron chi connectivity index (χ4n) is 3.31. The highest BCUT2D eigenvalue weighted by Gasteiger charge is 2.32. The van der Waals surface area contributed by atoms with Crippen LogP contribution in [-0.2, 0) is 26.3 Å². The molecule has 0 aromatic heterocycles. The lowest BCUT2D eigenvalue weighted by molar-refractivity contribution is -0.139. The Hall–Kier alpha value is -3.11. The molecule has 0 aliphatic carbocycles. The van der Waals surface area contributed by atoms with Crippen molar-refractivity contribution in [1.82, 2.24) is 14.5 Å². The number of amides is 2. The van der Waals surface area contributed by atoms with Gasteiger partial charge in [0.2, 0.25) is 11.8 Å². The van der Waals surface area contributed by atoms with Crippen molar-refractivity contribution in [2.75, 3.05) is 38.6 Å². The first-order valence-electron chi connectivity index (χ1n) is 11.4. The van der Waals surface area contributed by atoms with E-state index in [0.717, 1.165) is 14.2 Å². The van der Waals surface area contributed by atoms with Gasteiger partial charge in [-0.3, -0.25) is 9.59 Å². The van der Waals surface area contributed by atoms with E-state index in [-0.39, 0.29) is 18.4 Å². The van der Waals surface area contributed by atoms with Crippen LogP contribution in [-0.4, -0.2) is 69.8 Å². The lowest BCUT2D eigenvalue weighted by Gasteiger charge is -2.33. The molecule has 192 valence electrons. The summed E-state index contributed by atoms with van der Waals surface area (Å²) in [6.45, 7) is 5.71. The quantitative estimate of drug-likeness (QED) is 0.479. The third-order valence-corrected chi connectivity index (χ3v) is 7.22. The lowest BCUT2D eigenvalue weighted by atomic mass is 10.1. The average Bonchev–Trinajstić information content (AvgIpc) is 2.84. The molecule has 2 amide bonds. The van der Waals surface area contributed by atoms with Gasteiger partial charge in [-0.2, -0.15) is 12.7 Å². The van der Waals surface area contributed by atoms with Crippen LogP contribution in [0.5, 0.6) is 5.75 Å². The van der Waals surface area contributed by atoms with E-state index in [1.165, 1.54) is 19.0 Å². The van der Waals surface area contributed by atoms with Crippen LogP contribution in [0.1, 0.15) is 26.3 Å². The first-order valence-corrected chi connectivity index (χ1v) is 12.8. The van der Waals surface area contributed by atoms with E-state index in [4.69, 9.17) is 4.74 Å². The minimum Gasteiger partial charge on any atom is -0.497 e. The molecule has 1 atom stereocenters. The number of anilines is 1. The van der Waals surface area contributed by atoms with Gasteiger partial charge in [-0.05, 0) is 42.7 Å². The largest absolute Gasteiger partial charge is 0.497 e. The van der Waals surface area contributed by atoms with Gasteiger partial charge in [-0.15, -0.1) is 0 Å². The molecule has 0 unspecified atom stereocenters. The highest BCUT2D eigenvalue weighted by atomic mass is 32.2. The van der Waals surface area contributed by atoms with Gasteiger partial charge in [0.25, 0.3) is 0 Å². The van der Waals surface area contributed by atoms with Crippen LogP contribution in [0, 0.1) is 5.92 Å². The van der Waals surface area contributed by atoms with Crippen molar-refractivity contribution >= 4 is 27.7 Å². The van der Waals surface area contributed by atoms with Gasteiger partial charge in [0.05, 0.1) is 12.8 Å². The maximum Gasteiger partial charge on any atom is 0.304 e. The fourth-order valence-corrected chi connectivity index (χ4v) is 4.37. The molecular formula is C25H36N4O5S. The predicted octanol–water partition coefficient (Wildman–Crippen LogP) is 2.50. The summed E-state index contributed by atoms with van der Waals surface area (Å²) in [5, 5.41) is 2.86. The number of hydrogen-bond acceptors (Lipinski definition) is 5. The van der Waals surface area contributed by atoms with E-state index >= 15 is 0 Å². The highest BCUT2D eigenvalue weighted by molar-refractivity contribution is 7.90. The van der Waals surface area contributed by atoms with Gasteiger partial charge >= 0.3 is 10.2 Å². The SMILES string of the molecule is COc1cccc(CN(C(=O)CN(c2ccccc2)S(=O)(=O)N(C)C)[C@@H](C)C(=O)NCC(C)C)c1. The zero-order valence-corrected chi connectivity index (χ0v) is 22.1. The van der Waals surface area contributed by atoms with E-state index in [1.54, 1.807) is 62.6 Å². The second-order valence-electron chi connectivity index (χ2n) is 8.82. The van der Waals surface area contributed by atoms with Crippen molar-refractivity contribution in [1.29, 1.82) is 0 Å². The summed E-state index contributed by atoms with van der Waals surface area (Å²) in [7, 11) is 0.393. The monoisotopic (exact) mass is 504 g/mol. The molecule has 0 spiro atoms. The van der Waals surface area contributed by atoms with Gasteiger partial charge in [-0.1, -0.05) is 44.2 Å². The number of para-hydroxylation sites is 1. The molecule has 0 saturated heterocycles. The summed E-state index contributed by atoms with van der Waals surface area (Å²) >= 11 is 0. The predicted molar refractivity (Wildman–Crippen MR) is 137 cm³/mol. The van der Waals surface area contributed by atoms with E-state index < -0.39 is 28.7 Å². The molecular weight excluding hydrogens is 468 g/mol. The van der Waals surface area contributed by atoms with Crippen molar-refractivity contribution < 1.29 is 22.7 Å². The molecule has 0 fully saturated rings. The Morgan fingerprint density at radius 2 is 1.66 bits per heavy atom. The fraction of sp³-hybridized carbons (Fsp3) is 0.440. The molecule has 2 aromatic rings. The summed E-state index contributed by atoms with van der Waals surface area (Å²) in [6.07, 6.45) is 0. The number of hydrogen-bond donors (Lipinski definition) is 1. The van der Waals surface area contributed by atoms with Crippen LogP contribution in [0.3, 0.4) is 0 Å². The zero-order chi connectivity index (χ0) is 26.2. The Labute approximate surface area is 208 Å². The van der Waals surface area contributed by atoms with Crippen LogP contribution in [0.25, 0.3) is 0 Å². The Morgan fingerprint density at radius 3 is 2.23 bits per heavy atom. The number of carbonyl (C=O) groups excluding carboxylic acids is 2. The normalized spacial score (nSPS) is 12.3. The molecule has 35 heavy (non-hydrogen) atoms. The Balaban J connectivity index is 2.42. The third-order valence-electron chi connectivity index (χ3n) is 5.40. The first-order chi connectivity index (χ1) is 16.5. The summed E-state index contributed by atoms with van der Waals surface area (Å²) in [5.41, 5.74) is 1.11. The number of benzene rings is 2. The molecule has 0 aliphatic rings. The smallest absolute Gasteiger partial charge is 0.304 e. The molecule has 2 aromatic carbocycles. The zero-order valence-electron chi connectivity index (χ0n) is 21.3. The van der Waals surface area contributed by atoms with Crippen LogP contribution in [0.2, 0.25) is 0 Å². The molecule has 0 bridgehead atoms. The molecule has 1 N–H and O–H groups in total. The van der Waals surface area contributed by atoms with Crippen molar-refractivity contribution in [2.24, 2.45) is 5.92 Å². The summed E-state index contributed by atoms with van der Waals surface area (Å²) < 4.78 is 33.6. The second kappa shape index (κ2) is 12.6. The van der Waals surface area contributed by atoms with Gasteiger partial charge in [0.15, 0.2) is 0 Å². The van der Waals surface area contributed by atoms with E-state index in [1.807, 2.05) is 19.9 Å². The number of methoxy groups -OCH3 is 1. The lowest BCUT2D eigenvalue weighted by Crippen LogP contribution is -2.52. The average molecular weight is 505 g/mol. The van der Waals surface area contributed by atoms with Crippen molar-refractivity contribution in [2.45, 2.75) is 33.4 Å². The molecule has 0 heterocycles. The van der Waals surface area contributed by atoms with E-state index in [2.05, 4.69) is 5.32 Å². The summed E-state index contributed by atoms with van der Waals surface area (Å²) in [4.78, 5) is 27.9. The van der Waals surface area contributed by atoms with Gasteiger partial charge < -0.3 is 15.0 Å². The Kier molecular flexibility index (Phi) is 10.1. The van der Waals surface area contributed by atoms with Crippen LogP contribution in [0.15, 0.2) is 54.6 Å². The Morgan fingerprint density at radius 1 is 1.00 bits per heavy atom. The number of rotatable bonds is 12. The number of nitrogens with one attached hydrogen (secondary N) is 1. The molecule has 9 nitrogen and oxygen atoms in total. The van der Waals surface area contributed by atoms with Gasteiger partial charge in [-0.25, -0.2) is 4.31 Å². The van der Waals surface area contributed by atoms with Gasteiger partial charge in [0.1, 0.15) is 18.3 Å². The minimum atomic E-state index is -3.97. The summed E-state index contributed by atoms with van der Waals surface area (Å²) in [5.74, 6) is 0.0476. The maximum absolute atomic E-state index is 13.6. The van der Waals surface area contributed by atoms with Crippen molar-refractivity contribution in [3.05, 3.63) is 60.2 Å². The Bertz CT molecular complexity index is 1090. The first kappa shape index (κ1) is 28.1. The van der Waals surface area contributed by atoms with E-state index in [0.29, 0.717) is 18.0 Å². The van der Waals surface area contributed by atoms with Crippen molar-refractivity contribution in [3.8, 4) is 5.75 Å². The highest BCUT2D eigenvalue weighted by Crippen LogP contribution is 2.21. The van der Waals surface area contributed by atoms with Crippen LogP contribution in [0.4, 0.5) is 5.69 Å². The molecule has 10 heteroatoms. The van der Waals surface area contributed by atoms with Crippen LogP contribution >= 0.6 is 0 Å². The maximum atomic E-state index is 13.6. The van der Waals surface area contributed by atoms with Gasteiger partial charge in [0, 0.05) is 27.2 Å². The van der Waals surface area contributed by atoms with E-state index in [9.17, 15) is 18.0 Å². The second-order valence-corrected chi connectivity index (χ2v) is 10.9. The van der Waals surface area contributed by atoms with Crippen molar-refractivity contribution in [3.63, 3.8) is 0 Å². The molecule has 0 saturated carbocycles.